The second-order valence-corrected chi connectivity index (χ2v) is 9.36. The van der Waals surface area contributed by atoms with E-state index in [2.05, 4.69) is 22.3 Å². The number of nitrogens with one attached hydrogen (secondary N) is 1. The van der Waals surface area contributed by atoms with E-state index in [1.807, 2.05) is 60.7 Å². The average Bonchev–Trinajstić information content (AvgIpc) is 3.29. The number of nitrogen functional groups attached to an aromatic ring is 1. The predicted molar refractivity (Wildman–Crippen MR) is 133 cm³/mol. The zero-order valence-electron chi connectivity index (χ0n) is 18.5. The minimum atomic E-state index is -0.142. The van der Waals surface area contributed by atoms with Gasteiger partial charge in [-0.05, 0) is 78.6 Å². The number of carbonyl (C=O) groups is 1. The number of anilines is 3. The van der Waals surface area contributed by atoms with Gasteiger partial charge in [0.15, 0.2) is 0 Å². The van der Waals surface area contributed by atoms with Crippen molar-refractivity contribution in [3.05, 3.63) is 78.4 Å². The van der Waals surface area contributed by atoms with Gasteiger partial charge < -0.3 is 16.0 Å². The third kappa shape index (κ3) is 4.22. The molecule has 0 bridgehead atoms. The van der Waals surface area contributed by atoms with Gasteiger partial charge in [-0.2, -0.15) is 0 Å². The molecule has 0 radical (unpaired) electrons. The van der Waals surface area contributed by atoms with Crippen molar-refractivity contribution in [2.24, 2.45) is 5.41 Å². The Labute approximate surface area is 190 Å². The Morgan fingerprint density at radius 1 is 0.812 bits per heavy atom. The Balaban J connectivity index is 1.26. The van der Waals surface area contributed by atoms with Crippen LogP contribution in [0.2, 0.25) is 0 Å². The molecule has 1 amide bonds. The van der Waals surface area contributed by atoms with E-state index >= 15 is 0 Å². The SMILES string of the molecule is Nc1ccc(-c2ccccc2)cc1NC(=O)c1ccc(N2CCC3(CCCC3)CC2)cc1. The molecule has 0 unspecified atom stereocenters. The zero-order chi connectivity index (χ0) is 22.0. The number of hydrogen-bond donors (Lipinski definition) is 2. The van der Waals surface area contributed by atoms with E-state index in [4.69, 9.17) is 5.73 Å². The van der Waals surface area contributed by atoms with Crippen molar-refractivity contribution in [1.82, 2.24) is 0 Å². The van der Waals surface area contributed by atoms with Gasteiger partial charge in [-0.3, -0.25) is 4.79 Å². The lowest BCUT2D eigenvalue weighted by atomic mass is 9.77. The van der Waals surface area contributed by atoms with Crippen LogP contribution >= 0.6 is 0 Å². The molecule has 1 saturated heterocycles. The van der Waals surface area contributed by atoms with Crippen LogP contribution in [-0.4, -0.2) is 19.0 Å². The number of carbonyl (C=O) groups excluding carboxylic acids is 1. The molecule has 32 heavy (non-hydrogen) atoms. The summed E-state index contributed by atoms with van der Waals surface area (Å²) >= 11 is 0. The summed E-state index contributed by atoms with van der Waals surface area (Å²) in [6.45, 7) is 2.24. The van der Waals surface area contributed by atoms with Crippen molar-refractivity contribution in [3.8, 4) is 11.1 Å². The van der Waals surface area contributed by atoms with Crippen LogP contribution in [-0.2, 0) is 0 Å². The van der Waals surface area contributed by atoms with Crippen molar-refractivity contribution in [2.45, 2.75) is 38.5 Å². The molecule has 4 nitrogen and oxygen atoms in total. The highest BCUT2D eigenvalue weighted by atomic mass is 16.1. The summed E-state index contributed by atoms with van der Waals surface area (Å²) in [4.78, 5) is 15.4. The second kappa shape index (κ2) is 8.70. The summed E-state index contributed by atoms with van der Waals surface area (Å²) < 4.78 is 0. The summed E-state index contributed by atoms with van der Waals surface area (Å²) in [6.07, 6.45) is 8.23. The lowest BCUT2D eigenvalue weighted by Gasteiger charge is -2.40. The molecule has 2 fully saturated rings. The van der Waals surface area contributed by atoms with Crippen LogP contribution in [0.25, 0.3) is 11.1 Å². The van der Waals surface area contributed by atoms with Crippen LogP contribution in [0.1, 0.15) is 48.9 Å². The molecule has 3 aromatic rings. The summed E-state index contributed by atoms with van der Waals surface area (Å²) in [6, 6.07) is 23.8. The van der Waals surface area contributed by atoms with Crippen LogP contribution in [0.4, 0.5) is 17.1 Å². The van der Waals surface area contributed by atoms with Gasteiger partial charge in [0.2, 0.25) is 0 Å². The molecule has 1 spiro atoms. The number of hydrogen-bond acceptors (Lipinski definition) is 3. The molecule has 3 aromatic carbocycles. The summed E-state index contributed by atoms with van der Waals surface area (Å²) in [5.74, 6) is -0.142. The normalized spacial score (nSPS) is 17.4. The Bertz CT molecular complexity index is 1080. The quantitative estimate of drug-likeness (QED) is 0.479. The first-order chi connectivity index (χ1) is 15.6. The molecule has 1 heterocycles. The Hall–Kier alpha value is -3.27. The summed E-state index contributed by atoms with van der Waals surface area (Å²) in [5, 5.41) is 2.99. The first kappa shape index (κ1) is 20.6. The highest BCUT2D eigenvalue weighted by Crippen LogP contribution is 2.46. The van der Waals surface area contributed by atoms with Gasteiger partial charge in [-0.1, -0.05) is 49.2 Å². The number of rotatable bonds is 4. The van der Waals surface area contributed by atoms with Crippen molar-refractivity contribution >= 4 is 23.0 Å². The Morgan fingerprint density at radius 3 is 2.19 bits per heavy atom. The Kier molecular flexibility index (Phi) is 5.60. The smallest absolute Gasteiger partial charge is 0.255 e. The number of nitrogens with two attached hydrogens (primary N) is 1. The molecule has 3 N–H and O–H groups in total. The first-order valence-electron chi connectivity index (χ1n) is 11.7. The molecule has 4 heteroatoms. The molecular weight excluding hydrogens is 394 g/mol. The maximum absolute atomic E-state index is 12.9. The standard InChI is InChI=1S/C28H31N3O/c29-25-13-10-23(21-6-2-1-3-7-21)20-26(25)30-27(32)22-8-11-24(12-9-22)31-18-16-28(17-19-31)14-4-5-15-28/h1-3,6-13,20H,4-5,14-19,29H2,(H,30,32). The van der Waals surface area contributed by atoms with E-state index in [9.17, 15) is 4.79 Å². The van der Waals surface area contributed by atoms with Crippen LogP contribution in [0.3, 0.4) is 0 Å². The molecular formula is C28H31N3O. The molecule has 1 aliphatic carbocycles. The van der Waals surface area contributed by atoms with E-state index in [1.165, 1.54) is 44.2 Å². The highest BCUT2D eigenvalue weighted by molar-refractivity contribution is 6.06. The van der Waals surface area contributed by atoms with E-state index < -0.39 is 0 Å². The molecule has 164 valence electrons. The molecule has 1 aliphatic heterocycles. The lowest BCUT2D eigenvalue weighted by molar-refractivity contribution is 0.102. The maximum Gasteiger partial charge on any atom is 0.255 e. The number of amides is 1. The van der Waals surface area contributed by atoms with Crippen molar-refractivity contribution in [1.29, 1.82) is 0 Å². The van der Waals surface area contributed by atoms with Gasteiger partial charge in [-0.25, -0.2) is 0 Å². The first-order valence-corrected chi connectivity index (χ1v) is 11.7. The Morgan fingerprint density at radius 2 is 1.50 bits per heavy atom. The average molecular weight is 426 g/mol. The van der Waals surface area contributed by atoms with Crippen molar-refractivity contribution < 1.29 is 4.79 Å². The third-order valence-electron chi connectivity index (χ3n) is 7.39. The largest absolute Gasteiger partial charge is 0.397 e. The van der Waals surface area contributed by atoms with Crippen LogP contribution < -0.4 is 16.0 Å². The molecule has 0 atom stereocenters. The van der Waals surface area contributed by atoms with E-state index in [0.717, 1.165) is 24.2 Å². The fraction of sp³-hybridized carbons (Fsp3) is 0.321. The van der Waals surface area contributed by atoms with Crippen molar-refractivity contribution in [3.63, 3.8) is 0 Å². The second-order valence-electron chi connectivity index (χ2n) is 9.36. The molecule has 2 aliphatic rings. The van der Waals surface area contributed by atoms with Crippen molar-refractivity contribution in [2.75, 3.05) is 29.0 Å². The number of piperidine rings is 1. The van der Waals surface area contributed by atoms with Gasteiger partial charge in [0.25, 0.3) is 5.91 Å². The molecule has 0 aromatic heterocycles. The number of nitrogens with zero attached hydrogens (tertiary/aromatic N) is 1. The van der Waals surface area contributed by atoms with Gasteiger partial charge in [-0.15, -0.1) is 0 Å². The third-order valence-corrected chi connectivity index (χ3v) is 7.39. The fourth-order valence-electron chi connectivity index (χ4n) is 5.36. The van der Waals surface area contributed by atoms with Crippen LogP contribution in [0, 0.1) is 5.41 Å². The monoisotopic (exact) mass is 425 g/mol. The number of benzene rings is 3. The van der Waals surface area contributed by atoms with E-state index in [-0.39, 0.29) is 5.91 Å². The predicted octanol–water partition coefficient (Wildman–Crippen LogP) is 6.35. The topological polar surface area (TPSA) is 58.4 Å². The van der Waals surface area contributed by atoms with Gasteiger partial charge in [0.05, 0.1) is 11.4 Å². The zero-order valence-corrected chi connectivity index (χ0v) is 18.5. The fourth-order valence-corrected chi connectivity index (χ4v) is 5.36. The molecule has 1 saturated carbocycles. The highest BCUT2D eigenvalue weighted by Gasteiger charge is 2.36. The minimum Gasteiger partial charge on any atom is -0.397 e. The minimum absolute atomic E-state index is 0.142. The van der Waals surface area contributed by atoms with E-state index in [0.29, 0.717) is 22.4 Å². The van der Waals surface area contributed by atoms with Crippen LogP contribution in [0.5, 0.6) is 0 Å². The van der Waals surface area contributed by atoms with Gasteiger partial charge in [0.1, 0.15) is 0 Å². The molecule has 5 rings (SSSR count). The lowest BCUT2D eigenvalue weighted by Crippen LogP contribution is -2.38. The summed E-state index contributed by atoms with van der Waals surface area (Å²) in [7, 11) is 0. The summed E-state index contributed by atoms with van der Waals surface area (Å²) in [5.41, 5.74) is 11.9. The maximum atomic E-state index is 12.9. The van der Waals surface area contributed by atoms with Gasteiger partial charge >= 0.3 is 0 Å². The van der Waals surface area contributed by atoms with Crippen LogP contribution in [0.15, 0.2) is 72.8 Å². The van der Waals surface area contributed by atoms with Gasteiger partial charge in [0, 0.05) is 24.3 Å². The van der Waals surface area contributed by atoms with E-state index in [1.54, 1.807) is 0 Å².